The van der Waals surface area contributed by atoms with Crippen LogP contribution in [-0.4, -0.2) is 54.6 Å². The van der Waals surface area contributed by atoms with Gasteiger partial charge in [-0.2, -0.15) is 4.98 Å². The molecule has 3 aromatic rings. The van der Waals surface area contributed by atoms with E-state index >= 15 is 0 Å². The highest BCUT2D eigenvalue weighted by Crippen LogP contribution is 2.20. The maximum Gasteiger partial charge on any atom is 0.259 e. The van der Waals surface area contributed by atoms with Crippen molar-refractivity contribution in [3.05, 3.63) is 60.0 Å². The molecule has 7 nitrogen and oxygen atoms in total. The predicted molar refractivity (Wildman–Crippen MR) is 110 cm³/mol. The van der Waals surface area contributed by atoms with E-state index in [1.807, 2.05) is 25.2 Å². The summed E-state index contributed by atoms with van der Waals surface area (Å²) in [6, 6.07) is 14.3. The average Bonchev–Trinajstić information content (AvgIpc) is 3.24. The van der Waals surface area contributed by atoms with Gasteiger partial charge in [-0.1, -0.05) is 35.5 Å². The standard InChI is InChI=1S/C22H26N4O3/c1-26(15-19-16-27-12-13-28-19)21-11-10-18(14-23-21)22-24-20(25-29-22)9-5-8-17-6-3-2-4-7-17/h2-4,6-7,10-11,14,19H,5,8-9,12-13,15-16H2,1H3/t19-/m0/s1. The van der Waals surface area contributed by atoms with Gasteiger partial charge >= 0.3 is 0 Å². The normalized spacial score (nSPS) is 16.7. The number of nitrogens with zero attached hydrogens (tertiary/aromatic N) is 4. The first kappa shape index (κ1) is 19.5. The van der Waals surface area contributed by atoms with Crippen LogP contribution in [0.3, 0.4) is 0 Å². The zero-order chi connectivity index (χ0) is 19.9. The smallest absolute Gasteiger partial charge is 0.259 e. The second-order valence-corrected chi connectivity index (χ2v) is 7.21. The highest BCUT2D eigenvalue weighted by atomic mass is 16.6. The quantitative estimate of drug-likeness (QED) is 0.581. The number of pyridine rings is 1. The van der Waals surface area contributed by atoms with E-state index in [4.69, 9.17) is 14.0 Å². The molecule has 4 rings (SSSR count). The van der Waals surface area contributed by atoms with Gasteiger partial charge < -0.3 is 18.9 Å². The highest BCUT2D eigenvalue weighted by molar-refractivity contribution is 5.54. The Morgan fingerprint density at radius 3 is 2.72 bits per heavy atom. The van der Waals surface area contributed by atoms with Gasteiger partial charge in [-0.25, -0.2) is 4.98 Å². The van der Waals surface area contributed by atoms with Crippen molar-refractivity contribution in [3.63, 3.8) is 0 Å². The van der Waals surface area contributed by atoms with Gasteiger partial charge in [-0.3, -0.25) is 0 Å². The Labute approximate surface area is 170 Å². The molecule has 29 heavy (non-hydrogen) atoms. The number of aromatic nitrogens is 3. The Bertz CT molecular complexity index is 877. The summed E-state index contributed by atoms with van der Waals surface area (Å²) in [5.74, 6) is 2.10. The van der Waals surface area contributed by atoms with E-state index in [2.05, 4.69) is 44.3 Å². The molecule has 3 heterocycles. The number of likely N-dealkylation sites (N-methyl/N-ethyl adjacent to an activating group) is 1. The van der Waals surface area contributed by atoms with Gasteiger partial charge in [0.1, 0.15) is 5.82 Å². The molecule has 0 unspecified atom stereocenters. The second-order valence-electron chi connectivity index (χ2n) is 7.21. The molecular formula is C22H26N4O3. The molecule has 1 fully saturated rings. The third kappa shape index (κ3) is 5.40. The van der Waals surface area contributed by atoms with Crippen LogP contribution < -0.4 is 4.90 Å². The van der Waals surface area contributed by atoms with Crippen LogP contribution in [0, 0.1) is 0 Å². The van der Waals surface area contributed by atoms with Crippen molar-refractivity contribution in [2.45, 2.75) is 25.4 Å². The fourth-order valence-corrected chi connectivity index (χ4v) is 3.35. The van der Waals surface area contributed by atoms with Crippen molar-refractivity contribution < 1.29 is 14.0 Å². The summed E-state index contributed by atoms with van der Waals surface area (Å²) in [4.78, 5) is 11.1. The van der Waals surface area contributed by atoms with Gasteiger partial charge in [0.25, 0.3) is 5.89 Å². The van der Waals surface area contributed by atoms with E-state index < -0.39 is 0 Å². The zero-order valence-corrected chi connectivity index (χ0v) is 16.7. The summed E-state index contributed by atoms with van der Waals surface area (Å²) in [6.07, 6.45) is 4.62. The number of hydrogen-bond donors (Lipinski definition) is 0. The Morgan fingerprint density at radius 1 is 1.07 bits per heavy atom. The summed E-state index contributed by atoms with van der Waals surface area (Å²) >= 11 is 0. The molecule has 0 radical (unpaired) electrons. The monoisotopic (exact) mass is 394 g/mol. The molecule has 0 N–H and O–H groups in total. The summed E-state index contributed by atoms with van der Waals surface area (Å²) in [7, 11) is 2.00. The number of anilines is 1. The summed E-state index contributed by atoms with van der Waals surface area (Å²) < 4.78 is 16.6. The minimum Gasteiger partial charge on any atom is -0.376 e. The van der Waals surface area contributed by atoms with E-state index in [0.717, 1.165) is 43.0 Å². The van der Waals surface area contributed by atoms with Crippen LogP contribution in [0.1, 0.15) is 17.8 Å². The molecule has 0 amide bonds. The molecule has 1 atom stereocenters. The number of benzene rings is 1. The molecular weight excluding hydrogens is 368 g/mol. The maximum atomic E-state index is 5.70. The number of rotatable bonds is 8. The van der Waals surface area contributed by atoms with Gasteiger partial charge in [0.15, 0.2) is 5.82 Å². The maximum absolute atomic E-state index is 5.70. The first-order valence-corrected chi connectivity index (χ1v) is 10.0. The molecule has 152 valence electrons. The molecule has 1 aliphatic heterocycles. The zero-order valence-electron chi connectivity index (χ0n) is 16.7. The van der Waals surface area contributed by atoms with Crippen LogP contribution in [0.15, 0.2) is 53.2 Å². The van der Waals surface area contributed by atoms with Gasteiger partial charge in [0.2, 0.25) is 0 Å². The van der Waals surface area contributed by atoms with Gasteiger partial charge in [-0.15, -0.1) is 0 Å². The largest absolute Gasteiger partial charge is 0.376 e. The van der Waals surface area contributed by atoms with E-state index in [9.17, 15) is 0 Å². The van der Waals surface area contributed by atoms with E-state index in [1.165, 1.54) is 5.56 Å². The summed E-state index contributed by atoms with van der Waals surface area (Å²) in [5.41, 5.74) is 2.14. The van der Waals surface area contributed by atoms with Crippen molar-refractivity contribution >= 4 is 5.82 Å². The predicted octanol–water partition coefficient (Wildman–Crippen LogP) is 3.16. The molecule has 0 aliphatic carbocycles. The Morgan fingerprint density at radius 2 is 1.97 bits per heavy atom. The van der Waals surface area contributed by atoms with Crippen molar-refractivity contribution in [1.29, 1.82) is 0 Å². The average molecular weight is 394 g/mol. The lowest BCUT2D eigenvalue weighted by Gasteiger charge is -2.28. The molecule has 1 aromatic carbocycles. The van der Waals surface area contributed by atoms with E-state index in [-0.39, 0.29) is 6.10 Å². The molecule has 1 saturated heterocycles. The number of hydrogen-bond acceptors (Lipinski definition) is 7. The fourth-order valence-electron chi connectivity index (χ4n) is 3.35. The van der Waals surface area contributed by atoms with Crippen LogP contribution in [-0.2, 0) is 22.3 Å². The third-order valence-corrected chi connectivity index (χ3v) is 4.93. The van der Waals surface area contributed by atoms with Gasteiger partial charge in [0.05, 0.1) is 31.5 Å². The van der Waals surface area contributed by atoms with Crippen molar-refractivity contribution in [2.24, 2.45) is 0 Å². The molecule has 0 spiro atoms. The molecule has 0 bridgehead atoms. The SMILES string of the molecule is CN(C[C@H]1COCCO1)c1ccc(-c2nc(CCCc3ccccc3)no2)cn1. The molecule has 1 aliphatic rings. The van der Waals surface area contributed by atoms with Crippen molar-refractivity contribution in [2.75, 3.05) is 38.3 Å². The molecule has 7 heteroatoms. The first-order valence-electron chi connectivity index (χ1n) is 10.0. The lowest BCUT2D eigenvalue weighted by atomic mass is 10.1. The molecule has 0 saturated carbocycles. The summed E-state index contributed by atoms with van der Waals surface area (Å²) in [6.45, 7) is 2.68. The minimum atomic E-state index is 0.0737. The van der Waals surface area contributed by atoms with Crippen LogP contribution in [0.2, 0.25) is 0 Å². The topological polar surface area (TPSA) is 73.5 Å². The van der Waals surface area contributed by atoms with E-state index in [1.54, 1.807) is 6.20 Å². The van der Waals surface area contributed by atoms with Crippen LogP contribution >= 0.6 is 0 Å². The lowest BCUT2D eigenvalue weighted by Crippen LogP contribution is -2.38. The van der Waals surface area contributed by atoms with Crippen LogP contribution in [0.4, 0.5) is 5.82 Å². The van der Waals surface area contributed by atoms with E-state index in [0.29, 0.717) is 25.7 Å². The Balaban J connectivity index is 1.30. The number of ether oxygens (including phenoxy) is 2. The van der Waals surface area contributed by atoms with Crippen LogP contribution in [0.25, 0.3) is 11.5 Å². The summed E-state index contributed by atoms with van der Waals surface area (Å²) in [5, 5.41) is 4.10. The van der Waals surface area contributed by atoms with Crippen LogP contribution in [0.5, 0.6) is 0 Å². The number of aryl methyl sites for hydroxylation is 2. The Kier molecular flexibility index (Phi) is 6.49. The van der Waals surface area contributed by atoms with Crippen molar-refractivity contribution in [3.8, 4) is 11.5 Å². The fraction of sp³-hybridized carbons (Fsp3) is 0.409. The highest BCUT2D eigenvalue weighted by Gasteiger charge is 2.17. The first-order chi connectivity index (χ1) is 14.3. The Hall–Kier alpha value is -2.77. The molecule has 2 aromatic heterocycles. The van der Waals surface area contributed by atoms with Gasteiger partial charge in [-0.05, 0) is 30.5 Å². The minimum absolute atomic E-state index is 0.0737. The third-order valence-electron chi connectivity index (χ3n) is 4.93. The second kappa shape index (κ2) is 9.62. The lowest BCUT2D eigenvalue weighted by molar-refractivity contribution is -0.0837. The van der Waals surface area contributed by atoms with Gasteiger partial charge in [0, 0.05) is 26.2 Å². The van der Waals surface area contributed by atoms with Crippen molar-refractivity contribution in [1.82, 2.24) is 15.1 Å².